The Bertz CT molecular complexity index is 284. The maximum absolute atomic E-state index is 3.59. The molecule has 1 aliphatic heterocycles. The minimum atomic E-state index is 0.573. The molecule has 1 nitrogen and oxygen atoms in total. The Kier molecular flexibility index (Phi) is 3.06. The van der Waals surface area contributed by atoms with Crippen LogP contribution < -0.4 is 5.32 Å². The molecule has 0 saturated carbocycles. The summed E-state index contributed by atoms with van der Waals surface area (Å²) in [6, 6.07) is 0.573. The SMILES string of the molecule is CC1CCNC(c2cscc2Br)C1. The van der Waals surface area contributed by atoms with Crippen molar-refractivity contribution >= 4 is 27.3 Å². The predicted octanol–water partition coefficient (Wildman–Crippen LogP) is 3.57. The second kappa shape index (κ2) is 4.11. The van der Waals surface area contributed by atoms with Crippen molar-refractivity contribution in [3.8, 4) is 0 Å². The molecule has 2 atom stereocenters. The number of piperidine rings is 1. The molecule has 1 fully saturated rings. The largest absolute Gasteiger partial charge is 0.310 e. The quantitative estimate of drug-likeness (QED) is 0.814. The highest BCUT2D eigenvalue weighted by Gasteiger charge is 2.21. The summed E-state index contributed by atoms with van der Waals surface area (Å²) in [5, 5.41) is 7.98. The zero-order valence-corrected chi connectivity index (χ0v) is 10.1. The van der Waals surface area contributed by atoms with E-state index in [2.05, 4.69) is 38.9 Å². The number of rotatable bonds is 1. The monoisotopic (exact) mass is 259 g/mol. The lowest BCUT2D eigenvalue weighted by Crippen LogP contribution is -2.30. The molecule has 2 unspecified atom stereocenters. The van der Waals surface area contributed by atoms with Gasteiger partial charge in [-0.1, -0.05) is 6.92 Å². The van der Waals surface area contributed by atoms with Gasteiger partial charge in [0.1, 0.15) is 0 Å². The Balaban J connectivity index is 2.12. The molecular formula is C10H14BrNS. The molecule has 1 aliphatic rings. The average molecular weight is 260 g/mol. The lowest BCUT2D eigenvalue weighted by atomic mass is 9.91. The van der Waals surface area contributed by atoms with E-state index in [1.165, 1.54) is 22.9 Å². The summed E-state index contributed by atoms with van der Waals surface area (Å²) < 4.78 is 1.27. The van der Waals surface area contributed by atoms with Crippen LogP contribution in [0.3, 0.4) is 0 Å². The van der Waals surface area contributed by atoms with E-state index >= 15 is 0 Å². The van der Waals surface area contributed by atoms with Gasteiger partial charge in [-0.25, -0.2) is 0 Å². The first-order valence-electron chi connectivity index (χ1n) is 4.72. The predicted molar refractivity (Wildman–Crippen MR) is 61.2 cm³/mol. The van der Waals surface area contributed by atoms with Crippen molar-refractivity contribution in [3.63, 3.8) is 0 Å². The topological polar surface area (TPSA) is 12.0 Å². The Morgan fingerprint density at radius 2 is 2.38 bits per heavy atom. The first kappa shape index (κ1) is 9.69. The van der Waals surface area contributed by atoms with Gasteiger partial charge in [0.2, 0.25) is 0 Å². The van der Waals surface area contributed by atoms with Gasteiger partial charge in [0.15, 0.2) is 0 Å². The molecule has 72 valence electrons. The van der Waals surface area contributed by atoms with Gasteiger partial charge in [-0.05, 0) is 52.2 Å². The van der Waals surface area contributed by atoms with Crippen molar-refractivity contribution in [3.05, 3.63) is 20.8 Å². The van der Waals surface area contributed by atoms with Crippen LogP contribution in [0.15, 0.2) is 15.2 Å². The van der Waals surface area contributed by atoms with Gasteiger partial charge in [-0.15, -0.1) is 0 Å². The molecular weight excluding hydrogens is 246 g/mol. The fourth-order valence-corrected chi connectivity index (χ4v) is 3.51. The molecule has 0 bridgehead atoms. The lowest BCUT2D eigenvalue weighted by molar-refractivity contribution is 0.325. The van der Waals surface area contributed by atoms with E-state index < -0.39 is 0 Å². The molecule has 0 amide bonds. The number of hydrogen-bond acceptors (Lipinski definition) is 2. The van der Waals surface area contributed by atoms with Crippen LogP contribution in [0.5, 0.6) is 0 Å². The first-order valence-corrected chi connectivity index (χ1v) is 6.46. The Morgan fingerprint density at radius 1 is 1.54 bits per heavy atom. The molecule has 1 aromatic rings. The van der Waals surface area contributed by atoms with Gasteiger partial charge in [-0.2, -0.15) is 11.3 Å². The third-order valence-corrected chi connectivity index (χ3v) is 4.44. The van der Waals surface area contributed by atoms with E-state index in [9.17, 15) is 0 Å². The highest BCUT2D eigenvalue weighted by Crippen LogP contribution is 2.33. The molecule has 0 aromatic carbocycles. The van der Waals surface area contributed by atoms with Crippen LogP contribution in [0, 0.1) is 5.92 Å². The molecule has 1 saturated heterocycles. The van der Waals surface area contributed by atoms with E-state index in [0.29, 0.717) is 6.04 Å². The van der Waals surface area contributed by atoms with Crippen molar-refractivity contribution in [1.82, 2.24) is 5.32 Å². The van der Waals surface area contributed by atoms with Gasteiger partial charge in [0.05, 0.1) is 0 Å². The highest BCUT2D eigenvalue weighted by atomic mass is 79.9. The van der Waals surface area contributed by atoms with Crippen LogP contribution in [0.1, 0.15) is 31.4 Å². The fraction of sp³-hybridized carbons (Fsp3) is 0.600. The summed E-state index contributed by atoms with van der Waals surface area (Å²) >= 11 is 5.37. The third kappa shape index (κ3) is 2.14. The van der Waals surface area contributed by atoms with Crippen molar-refractivity contribution in [2.24, 2.45) is 5.92 Å². The first-order chi connectivity index (χ1) is 6.27. The van der Waals surface area contributed by atoms with Crippen LogP contribution in [0.25, 0.3) is 0 Å². The minimum Gasteiger partial charge on any atom is -0.310 e. The van der Waals surface area contributed by atoms with Gasteiger partial charge < -0.3 is 5.32 Å². The van der Waals surface area contributed by atoms with E-state index in [0.717, 1.165) is 12.5 Å². The summed E-state index contributed by atoms with van der Waals surface area (Å²) in [6.45, 7) is 3.50. The second-order valence-electron chi connectivity index (χ2n) is 3.81. The standard InChI is InChI=1S/C10H14BrNS/c1-7-2-3-12-10(4-7)8-5-13-6-9(8)11/h5-7,10,12H,2-4H2,1H3. The van der Waals surface area contributed by atoms with Crippen molar-refractivity contribution in [1.29, 1.82) is 0 Å². The summed E-state index contributed by atoms with van der Waals surface area (Å²) in [7, 11) is 0. The molecule has 1 aromatic heterocycles. The van der Waals surface area contributed by atoms with Gasteiger partial charge >= 0.3 is 0 Å². The number of halogens is 1. The third-order valence-electron chi connectivity index (χ3n) is 2.68. The zero-order chi connectivity index (χ0) is 9.26. The van der Waals surface area contributed by atoms with Crippen LogP contribution in [0.2, 0.25) is 0 Å². The van der Waals surface area contributed by atoms with E-state index in [4.69, 9.17) is 0 Å². The maximum atomic E-state index is 3.59. The van der Waals surface area contributed by atoms with Crippen LogP contribution in [0.4, 0.5) is 0 Å². The maximum Gasteiger partial charge on any atom is 0.0342 e. The van der Waals surface area contributed by atoms with Crippen molar-refractivity contribution < 1.29 is 0 Å². The lowest BCUT2D eigenvalue weighted by Gasteiger charge is -2.28. The fourth-order valence-electron chi connectivity index (χ4n) is 1.88. The normalized spacial score (nSPS) is 29.1. The van der Waals surface area contributed by atoms with E-state index in [1.54, 1.807) is 11.3 Å². The number of hydrogen-bond donors (Lipinski definition) is 1. The van der Waals surface area contributed by atoms with Crippen molar-refractivity contribution in [2.75, 3.05) is 6.54 Å². The molecule has 2 rings (SSSR count). The molecule has 2 heterocycles. The highest BCUT2D eigenvalue weighted by molar-refractivity contribution is 9.10. The van der Waals surface area contributed by atoms with Crippen LogP contribution >= 0.6 is 27.3 Å². The Morgan fingerprint density at radius 3 is 3.00 bits per heavy atom. The van der Waals surface area contributed by atoms with Crippen LogP contribution in [-0.4, -0.2) is 6.54 Å². The summed E-state index contributed by atoms with van der Waals surface area (Å²) in [6.07, 6.45) is 2.59. The summed E-state index contributed by atoms with van der Waals surface area (Å²) in [4.78, 5) is 0. The summed E-state index contributed by atoms with van der Waals surface area (Å²) in [5.74, 6) is 0.859. The average Bonchev–Trinajstić information content (AvgIpc) is 2.51. The molecule has 13 heavy (non-hydrogen) atoms. The van der Waals surface area contributed by atoms with E-state index in [1.807, 2.05) is 0 Å². The smallest absolute Gasteiger partial charge is 0.0342 e. The van der Waals surface area contributed by atoms with Crippen molar-refractivity contribution in [2.45, 2.75) is 25.8 Å². The van der Waals surface area contributed by atoms with Gasteiger partial charge in [0.25, 0.3) is 0 Å². The number of thiophene rings is 1. The molecule has 0 spiro atoms. The Hall–Kier alpha value is 0.140. The molecule has 0 radical (unpaired) electrons. The minimum absolute atomic E-state index is 0.573. The van der Waals surface area contributed by atoms with Gasteiger partial charge in [0, 0.05) is 15.9 Å². The molecule has 3 heteroatoms. The van der Waals surface area contributed by atoms with Gasteiger partial charge in [-0.3, -0.25) is 0 Å². The second-order valence-corrected chi connectivity index (χ2v) is 5.41. The van der Waals surface area contributed by atoms with E-state index in [-0.39, 0.29) is 0 Å². The number of nitrogens with one attached hydrogen (secondary N) is 1. The van der Waals surface area contributed by atoms with Crippen LogP contribution in [-0.2, 0) is 0 Å². The Labute approximate surface area is 91.7 Å². The molecule has 0 aliphatic carbocycles. The molecule has 1 N–H and O–H groups in total. The summed E-state index contributed by atoms with van der Waals surface area (Å²) in [5.41, 5.74) is 1.44. The zero-order valence-electron chi connectivity index (χ0n) is 7.72.